The maximum absolute atomic E-state index is 12.4. The van der Waals surface area contributed by atoms with E-state index in [0.717, 1.165) is 10.0 Å². The maximum Gasteiger partial charge on any atom is 0.255 e. The van der Waals surface area contributed by atoms with Crippen LogP contribution in [0.25, 0.3) is 0 Å². The van der Waals surface area contributed by atoms with E-state index in [-0.39, 0.29) is 17.9 Å². The molecule has 5 heteroatoms. The van der Waals surface area contributed by atoms with Crippen LogP contribution >= 0.6 is 15.9 Å². The van der Waals surface area contributed by atoms with Crippen LogP contribution in [0, 0.1) is 6.92 Å². The standard InChI is InChI=1S/C18H19BrN2O2/c1-11(2)20-17(22)13-5-4-6-14(10-13)18(23)21-15-7-8-16(19)12(3)9-15/h4-11H,1-3H3,(H,20,22)(H,21,23). The molecule has 0 saturated carbocycles. The Bertz CT molecular complexity index is 742. The number of carbonyl (C=O) groups is 2. The Hall–Kier alpha value is -2.14. The van der Waals surface area contributed by atoms with Crippen LogP contribution < -0.4 is 10.6 Å². The van der Waals surface area contributed by atoms with E-state index in [1.807, 2.05) is 39.0 Å². The van der Waals surface area contributed by atoms with Crippen molar-refractivity contribution >= 4 is 33.4 Å². The Balaban J connectivity index is 2.16. The molecule has 0 fully saturated rings. The Morgan fingerprint density at radius 1 is 1.00 bits per heavy atom. The minimum atomic E-state index is -0.245. The molecule has 0 spiro atoms. The maximum atomic E-state index is 12.4. The molecule has 0 radical (unpaired) electrons. The molecule has 0 heterocycles. The number of carbonyl (C=O) groups excluding carboxylic acids is 2. The van der Waals surface area contributed by atoms with Gasteiger partial charge in [-0.2, -0.15) is 0 Å². The fourth-order valence-corrected chi connectivity index (χ4v) is 2.32. The summed E-state index contributed by atoms with van der Waals surface area (Å²) < 4.78 is 0.989. The normalized spacial score (nSPS) is 10.5. The summed E-state index contributed by atoms with van der Waals surface area (Å²) in [5.41, 5.74) is 2.67. The van der Waals surface area contributed by atoms with Crippen molar-refractivity contribution in [2.24, 2.45) is 0 Å². The van der Waals surface area contributed by atoms with Gasteiger partial charge in [-0.1, -0.05) is 22.0 Å². The first-order valence-corrected chi connectivity index (χ1v) is 8.14. The highest BCUT2D eigenvalue weighted by Gasteiger charge is 2.11. The summed E-state index contributed by atoms with van der Waals surface area (Å²) in [5.74, 6) is -0.431. The molecular weight excluding hydrogens is 356 g/mol. The molecule has 2 rings (SSSR count). The van der Waals surface area contributed by atoms with Crippen LogP contribution in [0.1, 0.15) is 40.1 Å². The summed E-state index contributed by atoms with van der Waals surface area (Å²) in [7, 11) is 0. The Morgan fingerprint density at radius 3 is 2.26 bits per heavy atom. The molecule has 0 bridgehead atoms. The van der Waals surface area contributed by atoms with Crippen molar-refractivity contribution in [1.29, 1.82) is 0 Å². The number of aryl methyl sites for hydroxylation is 1. The SMILES string of the molecule is Cc1cc(NC(=O)c2cccc(C(=O)NC(C)C)c2)ccc1Br. The molecule has 0 aliphatic heterocycles. The van der Waals surface area contributed by atoms with E-state index in [1.165, 1.54) is 0 Å². The number of anilines is 1. The molecule has 2 aromatic rings. The highest BCUT2D eigenvalue weighted by Crippen LogP contribution is 2.20. The smallest absolute Gasteiger partial charge is 0.255 e. The molecule has 120 valence electrons. The van der Waals surface area contributed by atoms with E-state index in [1.54, 1.807) is 24.3 Å². The van der Waals surface area contributed by atoms with Crippen molar-refractivity contribution in [2.45, 2.75) is 26.8 Å². The van der Waals surface area contributed by atoms with Crippen LogP contribution in [0.3, 0.4) is 0 Å². The lowest BCUT2D eigenvalue weighted by Crippen LogP contribution is -2.30. The largest absolute Gasteiger partial charge is 0.350 e. The molecule has 23 heavy (non-hydrogen) atoms. The summed E-state index contributed by atoms with van der Waals surface area (Å²) in [6.45, 7) is 5.74. The molecule has 4 nitrogen and oxygen atoms in total. The van der Waals surface area contributed by atoms with Gasteiger partial charge in [-0.25, -0.2) is 0 Å². The summed E-state index contributed by atoms with van der Waals surface area (Å²) in [6, 6.07) is 12.3. The monoisotopic (exact) mass is 374 g/mol. The zero-order valence-corrected chi connectivity index (χ0v) is 14.9. The van der Waals surface area contributed by atoms with Gasteiger partial charge >= 0.3 is 0 Å². The first kappa shape index (κ1) is 17.2. The first-order valence-electron chi connectivity index (χ1n) is 7.35. The van der Waals surface area contributed by atoms with Crippen molar-refractivity contribution in [2.75, 3.05) is 5.32 Å². The van der Waals surface area contributed by atoms with E-state index < -0.39 is 0 Å². The zero-order chi connectivity index (χ0) is 17.0. The zero-order valence-electron chi connectivity index (χ0n) is 13.3. The third-order valence-corrected chi connectivity index (χ3v) is 4.11. The van der Waals surface area contributed by atoms with Gasteiger partial charge in [-0.3, -0.25) is 9.59 Å². The predicted octanol–water partition coefficient (Wildman–Crippen LogP) is 4.15. The Kier molecular flexibility index (Phi) is 5.55. The second-order valence-electron chi connectivity index (χ2n) is 5.63. The van der Waals surface area contributed by atoms with E-state index in [2.05, 4.69) is 26.6 Å². The van der Waals surface area contributed by atoms with Crippen molar-refractivity contribution in [1.82, 2.24) is 5.32 Å². The molecule has 0 aliphatic carbocycles. The van der Waals surface area contributed by atoms with Crippen LogP contribution in [-0.2, 0) is 0 Å². The lowest BCUT2D eigenvalue weighted by atomic mass is 10.1. The van der Waals surface area contributed by atoms with Crippen LogP contribution in [-0.4, -0.2) is 17.9 Å². The molecule has 2 aromatic carbocycles. The highest BCUT2D eigenvalue weighted by molar-refractivity contribution is 9.10. The molecule has 0 aromatic heterocycles. The van der Waals surface area contributed by atoms with E-state index in [4.69, 9.17) is 0 Å². The molecule has 0 atom stereocenters. The van der Waals surface area contributed by atoms with Crippen LogP contribution in [0.5, 0.6) is 0 Å². The van der Waals surface area contributed by atoms with Crippen molar-refractivity contribution in [3.05, 3.63) is 63.6 Å². The third kappa shape index (κ3) is 4.66. The molecule has 2 N–H and O–H groups in total. The van der Waals surface area contributed by atoms with Crippen molar-refractivity contribution in [3.63, 3.8) is 0 Å². The lowest BCUT2D eigenvalue weighted by molar-refractivity contribution is 0.0943. The number of amides is 2. The third-order valence-electron chi connectivity index (χ3n) is 3.22. The number of benzene rings is 2. The van der Waals surface area contributed by atoms with E-state index in [9.17, 15) is 9.59 Å². The summed E-state index contributed by atoms with van der Waals surface area (Å²) >= 11 is 3.43. The summed E-state index contributed by atoms with van der Waals surface area (Å²) in [6.07, 6.45) is 0. The quantitative estimate of drug-likeness (QED) is 0.844. The molecule has 0 saturated heterocycles. The highest BCUT2D eigenvalue weighted by atomic mass is 79.9. The molecule has 2 amide bonds. The van der Waals surface area contributed by atoms with Crippen LogP contribution in [0.2, 0.25) is 0 Å². The average molecular weight is 375 g/mol. The number of halogens is 1. The first-order chi connectivity index (χ1) is 10.9. The van der Waals surface area contributed by atoms with Gasteiger partial charge in [-0.15, -0.1) is 0 Å². The molecule has 0 aliphatic rings. The van der Waals surface area contributed by atoms with Gasteiger partial charge in [0.2, 0.25) is 0 Å². The van der Waals surface area contributed by atoms with Gasteiger partial charge in [0, 0.05) is 27.3 Å². The van der Waals surface area contributed by atoms with Crippen molar-refractivity contribution in [3.8, 4) is 0 Å². The van der Waals surface area contributed by atoms with Gasteiger partial charge in [0.25, 0.3) is 11.8 Å². The van der Waals surface area contributed by atoms with Gasteiger partial charge in [0.05, 0.1) is 0 Å². The predicted molar refractivity (Wildman–Crippen MR) is 95.9 cm³/mol. The van der Waals surface area contributed by atoms with Crippen molar-refractivity contribution < 1.29 is 9.59 Å². The summed E-state index contributed by atoms with van der Waals surface area (Å²) in [4.78, 5) is 24.4. The fraction of sp³-hybridized carbons (Fsp3) is 0.222. The van der Waals surface area contributed by atoms with Gasteiger partial charge in [0.1, 0.15) is 0 Å². The van der Waals surface area contributed by atoms with Gasteiger partial charge in [-0.05, 0) is 62.7 Å². The minimum Gasteiger partial charge on any atom is -0.350 e. The van der Waals surface area contributed by atoms with E-state index >= 15 is 0 Å². The van der Waals surface area contributed by atoms with Gasteiger partial charge < -0.3 is 10.6 Å². The minimum absolute atomic E-state index is 0.0470. The molecular formula is C18H19BrN2O2. The number of hydrogen-bond donors (Lipinski definition) is 2. The second-order valence-corrected chi connectivity index (χ2v) is 6.48. The molecule has 0 unspecified atom stereocenters. The van der Waals surface area contributed by atoms with Gasteiger partial charge in [0.15, 0.2) is 0 Å². The summed E-state index contributed by atoms with van der Waals surface area (Å²) in [5, 5.41) is 5.65. The fourth-order valence-electron chi connectivity index (χ4n) is 2.07. The van der Waals surface area contributed by atoms with E-state index in [0.29, 0.717) is 16.8 Å². The Morgan fingerprint density at radius 2 is 1.65 bits per heavy atom. The Labute approximate surface area is 144 Å². The topological polar surface area (TPSA) is 58.2 Å². The average Bonchev–Trinajstić information content (AvgIpc) is 2.50. The lowest BCUT2D eigenvalue weighted by Gasteiger charge is -2.10. The van der Waals surface area contributed by atoms with Crippen LogP contribution in [0.15, 0.2) is 46.9 Å². The van der Waals surface area contributed by atoms with Crippen LogP contribution in [0.4, 0.5) is 5.69 Å². The number of nitrogens with one attached hydrogen (secondary N) is 2. The number of rotatable bonds is 4. The second kappa shape index (κ2) is 7.42. The number of hydrogen-bond acceptors (Lipinski definition) is 2.